The van der Waals surface area contributed by atoms with E-state index in [1.807, 2.05) is 0 Å². The molecule has 3 fully saturated rings. The van der Waals surface area contributed by atoms with Gasteiger partial charge in [-0.3, -0.25) is 9.80 Å². The fourth-order valence-corrected chi connectivity index (χ4v) is 7.79. The van der Waals surface area contributed by atoms with Crippen LogP contribution in [0.3, 0.4) is 0 Å². The van der Waals surface area contributed by atoms with Crippen molar-refractivity contribution in [2.45, 2.75) is 95.7 Å². The molecule has 230 valence electrons. The highest BCUT2D eigenvalue weighted by Gasteiger charge is 2.33. The van der Waals surface area contributed by atoms with Crippen LogP contribution in [-0.2, 0) is 19.4 Å². The molecule has 3 aromatic rings. The van der Waals surface area contributed by atoms with E-state index >= 15 is 0 Å². The first-order valence-corrected chi connectivity index (χ1v) is 17.1. The van der Waals surface area contributed by atoms with Crippen LogP contribution in [0, 0.1) is 11.8 Å². The second-order valence-electron chi connectivity index (χ2n) is 13.5. The van der Waals surface area contributed by atoms with Crippen LogP contribution in [0.4, 0.5) is 0 Å². The van der Waals surface area contributed by atoms with Gasteiger partial charge in [0.1, 0.15) is 5.75 Å². The molecule has 0 N–H and O–H groups in total. The van der Waals surface area contributed by atoms with Crippen LogP contribution in [0.25, 0.3) is 0 Å². The van der Waals surface area contributed by atoms with Crippen molar-refractivity contribution in [2.75, 3.05) is 27.2 Å². The first-order chi connectivity index (χ1) is 21.2. The maximum Gasteiger partial charge on any atom is 0.172 e. The minimum absolute atomic E-state index is 0.548. The number of rotatable bonds is 12. The molecule has 4 heteroatoms. The van der Waals surface area contributed by atoms with Crippen LogP contribution < -0.4 is 9.47 Å². The normalized spacial score (nSPS) is 23.2. The van der Waals surface area contributed by atoms with Gasteiger partial charge in [-0.25, -0.2) is 0 Å². The van der Waals surface area contributed by atoms with E-state index in [9.17, 15) is 0 Å². The van der Waals surface area contributed by atoms with E-state index in [0.29, 0.717) is 18.0 Å². The van der Waals surface area contributed by atoms with Gasteiger partial charge in [0.15, 0.2) is 11.5 Å². The van der Waals surface area contributed by atoms with Crippen LogP contribution >= 0.6 is 0 Å². The van der Waals surface area contributed by atoms with Gasteiger partial charge in [-0.2, -0.15) is 0 Å². The van der Waals surface area contributed by atoms with Crippen LogP contribution in [0.15, 0.2) is 72.8 Å². The predicted octanol–water partition coefficient (Wildman–Crippen LogP) is 8.92. The molecular weight excluding hydrogens is 528 g/mol. The second kappa shape index (κ2) is 14.8. The Labute approximate surface area is 260 Å². The molecule has 3 aliphatic rings. The molecule has 2 aliphatic carbocycles. The Morgan fingerprint density at radius 1 is 0.767 bits per heavy atom. The summed E-state index contributed by atoms with van der Waals surface area (Å²) in [5, 5.41) is 0. The lowest BCUT2D eigenvalue weighted by atomic mass is 9.83. The van der Waals surface area contributed by atoms with E-state index < -0.39 is 0 Å². The van der Waals surface area contributed by atoms with Crippen molar-refractivity contribution < 1.29 is 9.47 Å². The number of likely N-dealkylation sites (tertiary alicyclic amines) is 1. The number of benzene rings is 3. The van der Waals surface area contributed by atoms with Crippen LogP contribution in [-0.4, -0.2) is 49.1 Å². The van der Waals surface area contributed by atoms with Crippen molar-refractivity contribution in [2.24, 2.45) is 11.8 Å². The standard InChI is InChI=1S/C39H52N2O2/c1-40(28-30-14-6-3-7-15-30)37-20-11-4-8-16-33(37)27-36-32(26-34-17-12-13-25-41(34)29-31-21-22-31)23-24-38(42-2)39(36)43-35-18-9-5-10-19-35/h3,5-7,9-10,14-15,18-19,23-24,31,33-34,37H,4,8,11-13,16-17,20-22,25-29H2,1-2H3. The maximum absolute atomic E-state index is 6.77. The number of methoxy groups -OCH3 is 1. The number of nitrogens with zero attached hydrogens (tertiary/aromatic N) is 2. The molecule has 0 spiro atoms. The zero-order chi connectivity index (χ0) is 29.4. The number of hydrogen-bond acceptors (Lipinski definition) is 4. The van der Waals surface area contributed by atoms with Gasteiger partial charge in [-0.15, -0.1) is 0 Å². The molecule has 43 heavy (non-hydrogen) atoms. The van der Waals surface area contributed by atoms with Gasteiger partial charge in [0.2, 0.25) is 0 Å². The maximum atomic E-state index is 6.77. The molecule has 4 nitrogen and oxygen atoms in total. The van der Waals surface area contributed by atoms with Crippen molar-refractivity contribution in [3.05, 3.63) is 89.5 Å². The molecule has 1 saturated heterocycles. The molecule has 0 amide bonds. The lowest BCUT2D eigenvalue weighted by Gasteiger charge is -2.37. The summed E-state index contributed by atoms with van der Waals surface area (Å²) in [6.07, 6.45) is 15.5. The van der Waals surface area contributed by atoms with Gasteiger partial charge < -0.3 is 9.47 Å². The number of piperidine rings is 1. The molecule has 0 radical (unpaired) electrons. The Kier molecular flexibility index (Phi) is 10.4. The third-order valence-electron chi connectivity index (χ3n) is 10.3. The van der Waals surface area contributed by atoms with E-state index in [1.165, 1.54) is 94.0 Å². The average molecular weight is 581 g/mol. The van der Waals surface area contributed by atoms with E-state index in [0.717, 1.165) is 42.6 Å². The third-order valence-corrected chi connectivity index (χ3v) is 10.3. The van der Waals surface area contributed by atoms with Gasteiger partial charge in [0, 0.05) is 30.7 Å². The first-order valence-electron chi connectivity index (χ1n) is 17.1. The topological polar surface area (TPSA) is 24.9 Å². The molecule has 2 saturated carbocycles. The summed E-state index contributed by atoms with van der Waals surface area (Å²) in [5.74, 6) is 4.17. The van der Waals surface area contributed by atoms with Crippen molar-refractivity contribution in [1.82, 2.24) is 9.80 Å². The quantitative estimate of drug-likeness (QED) is 0.200. The molecule has 3 unspecified atom stereocenters. The zero-order valence-corrected chi connectivity index (χ0v) is 26.6. The van der Waals surface area contributed by atoms with Gasteiger partial charge in [0.25, 0.3) is 0 Å². The number of hydrogen-bond donors (Lipinski definition) is 0. The number of para-hydroxylation sites is 1. The molecule has 0 bridgehead atoms. The van der Waals surface area contributed by atoms with E-state index in [1.54, 1.807) is 7.11 Å². The molecule has 3 aromatic carbocycles. The van der Waals surface area contributed by atoms with Gasteiger partial charge >= 0.3 is 0 Å². The van der Waals surface area contributed by atoms with Crippen LogP contribution in [0.1, 0.15) is 80.9 Å². The molecule has 1 heterocycles. The fourth-order valence-electron chi connectivity index (χ4n) is 7.79. The smallest absolute Gasteiger partial charge is 0.172 e. The monoisotopic (exact) mass is 580 g/mol. The first kappa shape index (κ1) is 30.2. The average Bonchev–Trinajstić information content (AvgIpc) is 3.88. The van der Waals surface area contributed by atoms with Crippen molar-refractivity contribution in [3.63, 3.8) is 0 Å². The Balaban J connectivity index is 1.33. The Morgan fingerprint density at radius 3 is 2.28 bits per heavy atom. The summed E-state index contributed by atoms with van der Waals surface area (Å²) >= 11 is 0. The minimum Gasteiger partial charge on any atom is -0.493 e. The predicted molar refractivity (Wildman–Crippen MR) is 177 cm³/mol. The Morgan fingerprint density at radius 2 is 1.51 bits per heavy atom. The highest BCUT2D eigenvalue weighted by molar-refractivity contribution is 5.53. The summed E-state index contributed by atoms with van der Waals surface area (Å²) in [5.41, 5.74) is 4.24. The molecular formula is C39H52N2O2. The van der Waals surface area contributed by atoms with Crippen LogP contribution in [0.5, 0.6) is 17.2 Å². The lowest BCUT2D eigenvalue weighted by Crippen LogP contribution is -2.42. The minimum atomic E-state index is 0.548. The summed E-state index contributed by atoms with van der Waals surface area (Å²) in [6.45, 7) is 3.55. The molecule has 3 atom stereocenters. The second-order valence-corrected chi connectivity index (χ2v) is 13.5. The summed E-state index contributed by atoms with van der Waals surface area (Å²) in [7, 11) is 4.14. The summed E-state index contributed by atoms with van der Waals surface area (Å²) in [4.78, 5) is 5.47. The van der Waals surface area contributed by atoms with E-state index in [4.69, 9.17) is 9.47 Å². The van der Waals surface area contributed by atoms with E-state index in [2.05, 4.69) is 89.6 Å². The highest BCUT2D eigenvalue weighted by Crippen LogP contribution is 2.42. The highest BCUT2D eigenvalue weighted by atomic mass is 16.5. The SMILES string of the molecule is COc1ccc(CC2CCCCN2CC2CC2)c(CC2CCCCCC2N(C)Cc2ccccc2)c1Oc1ccccc1. The van der Waals surface area contributed by atoms with Crippen molar-refractivity contribution in [1.29, 1.82) is 0 Å². The number of ether oxygens (including phenoxy) is 2. The van der Waals surface area contributed by atoms with Crippen molar-refractivity contribution >= 4 is 0 Å². The fraction of sp³-hybridized carbons (Fsp3) is 0.538. The molecule has 6 rings (SSSR count). The third kappa shape index (κ3) is 8.02. The Hall–Kier alpha value is -2.82. The zero-order valence-electron chi connectivity index (χ0n) is 26.6. The lowest BCUT2D eigenvalue weighted by molar-refractivity contribution is 0.140. The van der Waals surface area contributed by atoms with Crippen LogP contribution in [0.2, 0.25) is 0 Å². The van der Waals surface area contributed by atoms with Crippen molar-refractivity contribution in [3.8, 4) is 17.2 Å². The van der Waals surface area contributed by atoms with Gasteiger partial charge in [-0.05, 0) is 106 Å². The largest absolute Gasteiger partial charge is 0.493 e. The van der Waals surface area contributed by atoms with Gasteiger partial charge in [0.05, 0.1) is 7.11 Å². The molecule has 1 aliphatic heterocycles. The Bertz CT molecular complexity index is 1280. The summed E-state index contributed by atoms with van der Waals surface area (Å²) < 4.78 is 12.8. The molecule has 0 aromatic heterocycles. The summed E-state index contributed by atoms with van der Waals surface area (Å²) in [6, 6.07) is 27.0. The van der Waals surface area contributed by atoms with E-state index in [-0.39, 0.29) is 0 Å². The van der Waals surface area contributed by atoms with Gasteiger partial charge in [-0.1, -0.05) is 80.3 Å².